The molecule has 1 aromatic heterocycles. The van der Waals surface area contributed by atoms with Gasteiger partial charge >= 0.3 is 0 Å². The predicted molar refractivity (Wildman–Crippen MR) is 49.0 cm³/mol. The maximum Gasteiger partial charge on any atom is 0.213 e. The summed E-state index contributed by atoms with van der Waals surface area (Å²) in [6.45, 7) is 2.25. The third kappa shape index (κ3) is 2.98. The molecule has 0 aliphatic carbocycles. The van der Waals surface area contributed by atoms with Crippen molar-refractivity contribution in [1.29, 1.82) is 5.41 Å². The molecule has 0 unspecified atom stereocenters. The molecule has 0 atom stereocenters. The summed E-state index contributed by atoms with van der Waals surface area (Å²) in [4.78, 5) is 3.91. The molecule has 0 aliphatic heterocycles. The quantitative estimate of drug-likeness (QED) is 0.467. The molecule has 0 saturated carbocycles. The summed E-state index contributed by atoms with van der Waals surface area (Å²) < 4.78 is 4.99. The number of hydrogen-bond acceptors (Lipinski definition) is 4. The van der Waals surface area contributed by atoms with Crippen molar-refractivity contribution >= 4 is 5.84 Å². The van der Waals surface area contributed by atoms with E-state index >= 15 is 0 Å². The van der Waals surface area contributed by atoms with E-state index < -0.39 is 0 Å². The fourth-order valence-electron chi connectivity index (χ4n) is 0.709. The second-order valence-electron chi connectivity index (χ2n) is 2.55. The van der Waals surface area contributed by atoms with Gasteiger partial charge in [0, 0.05) is 11.8 Å². The largest absolute Gasteiger partial charge is 0.447 e. The Kier molecular flexibility index (Phi) is 3.08. The second-order valence-corrected chi connectivity index (χ2v) is 2.55. The molecule has 5 heteroatoms. The first-order valence-corrected chi connectivity index (χ1v) is 3.83. The van der Waals surface area contributed by atoms with E-state index in [1.165, 1.54) is 6.26 Å². The minimum Gasteiger partial charge on any atom is -0.447 e. The van der Waals surface area contributed by atoms with Crippen LogP contribution < -0.4 is 11.1 Å². The molecule has 0 fully saturated rings. The Morgan fingerprint density at radius 1 is 1.85 bits per heavy atom. The topological polar surface area (TPSA) is 87.9 Å². The molecule has 0 amide bonds. The molecule has 0 saturated heterocycles. The molecule has 0 aliphatic rings. The predicted octanol–water partition coefficient (Wildman–Crippen LogP) is 0.604. The van der Waals surface area contributed by atoms with E-state index in [2.05, 4.69) is 10.3 Å². The number of oxazole rings is 1. The van der Waals surface area contributed by atoms with E-state index in [4.69, 9.17) is 15.6 Å². The summed E-state index contributed by atoms with van der Waals surface area (Å²) in [5.74, 6) is 0.660. The first kappa shape index (κ1) is 9.31. The van der Waals surface area contributed by atoms with Crippen LogP contribution in [0.1, 0.15) is 12.8 Å². The third-order valence-corrected chi connectivity index (χ3v) is 1.48. The van der Waals surface area contributed by atoms with Crippen LogP contribution in [0.4, 0.5) is 0 Å². The number of nitrogens with one attached hydrogen (secondary N) is 2. The van der Waals surface area contributed by atoms with Gasteiger partial charge in [0.2, 0.25) is 5.89 Å². The van der Waals surface area contributed by atoms with Crippen molar-refractivity contribution in [2.75, 3.05) is 0 Å². The maximum atomic E-state index is 7.08. The zero-order valence-electron chi connectivity index (χ0n) is 7.37. The van der Waals surface area contributed by atoms with E-state index in [1.54, 1.807) is 19.3 Å². The molecule has 0 bridgehead atoms. The Bertz CT molecular complexity index is 302. The van der Waals surface area contributed by atoms with Crippen molar-refractivity contribution in [3.63, 3.8) is 0 Å². The van der Waals surface area contributed by atoms with Gasteiger partial charge in [0.05, 0.1) is 12.7 Å². The second kappa shape index (κ2) is 4.30. The Morgan fingerprint density at radius 3 is 3.15 bits per heavy atom. The minimum absolute atomic E-state index is 0.0555. The zero-order chi connectivity index (χ0) is 9.68. The van der Waals surface area contributed by atoms with Crippen molar-refractivity contribution in [2.45, 2.75) is 13.5 Å². The Hall–Kier alpha value is -1.78. The molecule has 1 aromatic rings. The molecule has 0 aromatic carbocycles. The highest BCUT2D eigenvalue weighted by molar-refractivity contribution is 5.93. The van der Waals surface area contributed by atoms with Crippen LogP contribution in [0.5, 0.6) is 0 Å². The number of nitrogens with zero attached hydrogens (tertiary/aromatic N) is 1. The number of amidine groups is 1. The third-order valence-electron chi connectivity index (χ3n) is 1.48. The summed E-state index contributed by atoms with van der Waals surface area (Å²) >= 11 is 0. The van der Waals surface area contributed by atoms with Gasteiger partial charge in [-0.2, -0.15) is 0 Å². The molecule has 4 N–H and O–H groups in total. The molecule has 1 heterocycles. The van der Waals surface area contributed by atoms with Gasteiger partial charge in [0.25, 0.3) is 0 Å². The molecule has 5 nitrogen and oxygen atoms in total. The fraction of sp³-hybridized carbons (Fsp3) is 0.250. The van der Waals surface area contributed by atoms with E-state index in [0.29, 0.717) is 18.0 Å². The molecule has 1 rings (SSSR count). The van der Waals surface area contributed by atoms with Gasteiger partial charge in [-0.15, -0.1) is 0 Å². The highest BCUT2D eigenvalue weighted by Gasteiger charge is 1.94. The van der Waals surface area contributed by atoms with Crippen LogP contribution in [0, 0.1) is 5.41 Å². The number of aromatic nitrogens is 1. The highest BCUT2D eigenvalue weighted by atomic mass is 16.3. The summed E-state index contributed by atoms with van der Waals surface area (Å²) in [5, 5.41) is 10.0. The summed E-state index contributed by atoms with van der Waals surface area (Å²) in [6, 6.07) is 0. The average Bonchev–Trinajstić information content (AvgIpc) is 2.56. The molecule has 70 valence electrons. The highest BCUT2D eigenvalue weighted by Crippen LogP contribution is 1.94. The first-order chi connectivity index (χ1) is 6.20. The lowest BCUT2D eigenvalue weighted by atomic mass is 10.3. The average molecular weight is 180 g/mol. The van der Waals surface area contributed by atoms with Crippen molar-refractivity contribution in [1.82, 2.24) is 10.3 Å². The Balaban J connectivity index is 2.36. The van der Waals surface area contributed by atoms with Crippen molar-refractivity contribution in [3.05, 3.63) is 30.1 Å². The molecular weight excluding hydrogens is 168 g/mol. The summed E-state index contributed by atoms with van der Waals surface area (Å²) in [6.07, 6.45) is 4.75. The fourth-order valence-corrected chi connectivity index (χ4v) is 0.709. The number of nitrogens with two attached hydrogens (primary N) is 1. The van der Waals surface area contributed by atoms with Crippen molar-refractivity contribution in [2.24, 2.45) is 5.73 Å². The SMILES string of the molecule is C/C(=C/NCc1ncco1)C(=N)N. The van der Waals surface area contributed by atoms with Crippen LogP contribution in [0.3, 0.4) is 0 Å². The number of hydrogen-bond donors (Lipinski definition) is 3. The van der Waals surface area contributed by atoms with Gasteiger partial charge in [-0.3, -0.25) is 5.41 Å². The van der Waals surface area contributed by atoms with Gasteiger partial charge in [-0.25, -0.2) is 4.98 Å². The van der Waals surface area contributed by atoms with Crippen molar-refractivity contribution < 1.29 is 4.42 Å². The number of rotatable bonds is 4. The normalized spacial score (nSPS) is 11.3. The minimum atomic E-state index is 0.0555. The standard InChI is InChI=1S/C8H12N4O/c1-6(8(9)10)4-11-5-7-12-2-3-13-7/h2-4,11H,5H2,1H3,(H3,9,10)/b6-4-. The lowest BCUT2D eigenvalue weighted by molar-refractivity contribution is 0.484. The molecular formula is C8H12N4O. The first-order valence-electron chi connectivity index (χ1n) is 3.83. The molecule has 13 heavy (non-hydrogen) atoms. The summed E-state index contributed by atoms with van der Waals surface area (Å²) in [5.41, 5.74) is 5.92. The van der Waals surface area contributed by atoms with Crippen LogP contribution >= 0.6 is 0 Å². The maximum absolute atomic E-state index is 7.08. The molecule has 0 spiro atoms. The van der Waals surface area contributed by atoms with E-state index in [0.717, 1.165) is 0 Å². The van der Waals surface area contributed by atoms with Gasteiger partial charge < -0.3 is 15.5 Å². The lowest BCUT2D eigenvalue weighted by Gasteiger charge is -1.99. The van der Waals surface area contributed by atoms with Gasteiger partial charge in [0.1, 0.15) is 12.1 Å². The monoisotopic (exact) mass is 180 g/mol. The van der Waals surface area contributed by atoms with Crippen LogP contribution in [0.25, 0.3) is 0 Å². The van der Waals surface area contributed by atoms with Crippen LogP contribution in [0.2, 0.25) is 0 Å². The summed E-state index contributed by atoms with van der Waals surface area (Å²) in [7, 11) is 0. The van der Waals surface area contributed by atoms with Crippen LogP contribution in [-0.2, 0) is 6.54 Å². The smallest absolute Gasteiger partial charge is 0.213 e. The van der Waals surface area contributed by atoms with E-state index in [9.17, 15) is 0 Å². The van der Waals surface area contributed by atoms with Gasteiger partial charge in [-0.1, -0.05) is 0 Å². The molecule has 0 radical (unpaired) electrons. The van der Waals surface area contributed by atoms with Crippen molar-refractivity contribution in [3.8, 4) is 0 Å². The van der Waals surface area contributed by atoms with Gasteiger partial charge in [0.15, 0.2) is 0 Å². The van der Waals surface area contributed by atoms with E-state index in [-0.39, 0.29) is 5.84 Å². The Labute approximate surface area is 76.2 Å². The van der Waals surface area contributed by atoms with E-state index in [1.807, 2.05) is 0 Å². The lowest BCUT2D eigenvalue weighted by Crippen LogP contribution is -2.14. The van der Waals surface area contributed by atoms with Gasteiger partial charge in [-0.05, 0) is 6.92 Å². The van der Waals surface area contributed by atoms with Crippen LogP contribution in [-0.4, -0.2) is 10.8 Å². The Morgan fingerprint density at radius 2 is 2.62 bits per heavy atom. The van der Waals surface area contributed by atoms with Crippen LogP contribution in [0.15, 0.2) is 28.7 Å². The zero-order valence-corrected chi connectivity index (χ0v) is 7.37.